The first-order valence-electron chi connectivity index (χ1n) is 9.96. The molecule has 150 valence electrons. The topological polar surface area (TPSA) is 43.9 Å². The average molecular weight is 410 g/mol. The molecule has 0 unspecified atom stereocenters. The highest BCUT2D eigenvalue weighted by molar-refractivity contribution is 6.35. The number of halogens is 1. The summed E-state index contributed by atoms with van der Waals surface area (Å²) in [4.78, 5) is 32.5. The molecule has 1 saturated heterocycles. The maximum atomic E-state index is 13.4. The molecule has 5 nitrogen and oxygen atoms in total. The number of carbonyl (C=O) groups is 2. The van der Waals surface area contributed by atoms with Crippen LogP contribution in [0.25, 0.3) is 5.57 Å². The predicted octanol–water partition coefficient (Wildman–Crippen LogP) is 3.26. The van der Waals surface area contributed by atoms with Crippen LogP contribution >= 0.6 is 11.6 Å². The molecular formula is C23H24ClN3O2. The molecule has 2 aromatic carbocycles. The fourth-order valence-electron chi connectivity index (χ4n) is 3.95. The van der Waals surface area contributed by atoms with Crippen LogP contribution in [-0.2, 0) is 16.1 Å². The van der Waals surface area contributed by atoms with Crippen molar-refractivity contribution >= 4 is 29.0 Å². The molecule has 6 heteroatoms. The zero-order valence-electron chi connectivity index (χ0n) is 16.5. The third-order valence-electron chi connectivity index (χ3n) is 5.63. The van der Waals surface area contributed by atoms with Crippen LogP contribution in [0.1, 0.15) is 18.1 Å². The number of benzene rings is 2. The van der Waals surface area contributed by atoms with Crippen molar-refractivity contribution in [3.8, 4) is 0 Å². The molecule has 0 spiro atoms. The SMILES string of the molecule is CCN1CCN(C2=C(c3ccccc3)C(=O)N(Cc3ccccc3Cl)C2=O)CC1. The van der Waals surface area contributed by atoms with E-state index in [1.807, 2.05) is 48.5 Å². The van der Waals surface area contributed by atoms with E-state index in [1.165, 1.54) is 4.90 Å². The largest absolute Gasteiger partial charge is 0.364 e. The molecule has 0 radical (unpaired) electrons. The van der Waals surface area contributed by atoms with Crippen molar-refractivity contribution in [2.75, 3.05) is 32.7 Å². The van der Waals surface area contributed by atoms with Gasteiger partial charge in [-0.05, 0) is 23.7 Å². The molecule has 1 fully saturated rings. The van der Waals surface area contributed by atoms with E-state index in [2.05, 4.69) is 16.7 Å². The van der Waals surface area contributed by atoms with E-state index < -0.39 is 0 Å². The molecular weight excluding hydrogens is 386 g/mol. The summed E-state index contributed by atoms with van der Waals surface area (Å²) in [6.45, 7) is 6.54. The Hall–Kier alpha value is -2.63. The van der Waals surface area contributed by atoms with Gasteiger partial charge in [0.15, 0.2) is 0 Å². The van der Waals surface area contributed by atoms with Gasteiger partial charge >= 0.3 is 0 Å². The molecule has 0 aliphatic carbocycles. The van der Waals surface area contributed by atoms with E-state index in [0.717, 1.165) is 43.9 Å². The fourth-order valence-corrected chi connectivity index (χ4v) is 4.15. The van der Waals surface area contributed by atoms with Crippen LogP contribution in [0.15, 0.2) is 60.3 Å². The van der Waals surface area contributed by atoms with Crippen LogP contribution < -0.4 is 0 Å². The number of imide groups is 1. The third kappa shape index (κ3) is 3.80. The first kappa shape index (κ1) is 19.7. The van der Waals surface area contributed by atoms with E-state index in [4.69, 9.17) is 11.6 Å². The standard InChI is InChI=1S/C23H24ClN3O2/c1-2-25-12-14-26(15-13-25)21-20(17-8-4-3-5-9-17)22(28)27(23(21)29)16-18-10-6-7-11-19(18)24/h3-11H,2,12-16H2,1H3. The Kier molecular flexibility index (Phi) is 5.69. The number of hydrogen-bond acceptors (Lipinski definition) is 4. The van der Waals surface area contributed by atoms with Gasteiger partial charge in [0.2, 0.25) is 0 Å². The monoisotopic (exact) mass is 409 g/mol. The lowest BCUT2D eigenvalue weighted by Gasteiger charge is -2.36. The second-order valence-corrected chi connectivity index (χ2v) is 7.71. The van der Waals surface area contributed by atoms with Crippen LogP contribution in [0, 0.1) is 0 Å². The third-order valence-corrected chi connectivity index (χ3v) is 6.00. The smallest absolute Gasteiger partial charge is 0.278 e. The molecule has 2 aromatic rings. The van der Waals surface area contributed by atoms with Gasteiger partial charge < -0.3 is 9.80 Å². The zero-order chi connectivity index (χ0) is 20.4. The minimum atomic E-state index is -0.256. The number of piperazine rings is 1. The lowest BCUT2D eigenvalue weighted by Crippen LogP contribution is -2.47. The number of likely N-dealkylation sites (N-methyl/N-ethyl adjacent to an activating group) is 1. The highest BCUT2D eigenvalue weighted by atomic mass is 35.5. The van der Waals surface area contributed by atoms with Gasteiger partial charge in [0, 0.05) is 31.2 Å². The molecule has 0 bridgehead atoms. The van der Waals surface area contributed by atoms with Crippen molar-refractivity contribution in [1.29, 1.82) is 0 Å². The van der Waals surface area contributed by atoms with Gasteiger partial charge in [-0.3, -0.25) is 14.5 Å². The Morgan fingerprint density at radius 3 is 2.17 bits per heavy atom. The van der Waals surface area contributed by atoms with E-state index in [-0.39, 0.29) is 18.4 Å². The van der Waals surface area contributed by atoms with Gasteiger partial charge in [0.1, 0.15) is 5.70 Å². The van der Waals surface area contributed by atoms with E-state index in [1.54, 1.807) is 6.07 Å². The van der Waals surface area contributed by atoms with Crippen molar-refractivity contribution < 1.29 is 9.59 Å². The summed E-state index contributed by atoms with van der Waals surface area (Å²) < 4.78 is 0. The Bertz CT molecular complexity index is 950. The maximum Gasteiger partial charge on any atom is 0.278 e. The van der Waals surface area contributed by atoms with Gasteiger partial charge in [-0.25, -0.2) is 0 Å². The number of carbonyl (C=O) groups excluding carboxylic acids is 2. The average Bonchev–Trinajstić information content (AvgIpc) is 3.00. The normalized spacial score (nSPS) is 18.1. The summed E-state index contributed by atoms with van der Waals surface area (Å²) in [6, 6.07) is 16.8. The molecule has 2 aliphatic rings. The highest BCUT2D eigenvalue weighted by Gasteiger charge is 2.42. The molecule has 0 saturated carbocycles. The molecule has 0 N–H and O–H groups in total. The molecule has 2 heterocycles. The van der Waals surface area contributed by atoms with Gasteiger partial charge in [-0.1, -0.05) is 67.1 Å². The molecule has 0 atom stereocenters. The lowest BCUT2D eigenvalue weighted by atomic mass is 10.0. The molecule has 2 amide bonds. The summed E-state index contributed by atoms with van der Waals surface area (Å²) in [6.07, 6.45) is 0. The minimum Gasteiger partial charge on any atom is -0.364 e. The van der Waals surface area contributed by atoms with Crippen molar-refractivity contribution in [2.24, 2.45) is 0 Å². The molecule has 0 aromatic heterocycles. The van der Waals surface area contributed by atoms with Crippen LogP contribution in [0.5, 0.6) is 0 Å². The predicted molar refractivity (Wildman–Crippen MR) is 114 cm³/mol. The van der Waals surface area contributed by atoms with Crippen molar-refractivity contribution in [3.05, 3.63) is 76.4 Å². The van der Waals surface area contributed by atoms with Crippen LogP contribution in [0.4, 0.5) is 0 Å². The summed E-state index contributed by atoms with van der Waals surface area (Å²) in [5.74, 6) is -0.493. The molecule has 4 rings (SSSR count). The van der Waals surface area contributed by atoms with Crippen molar-refractivity contribution in [2.45, 2.75) is 13.5 Å². The van der Waals surface area contributed by atoms with Crippen LogP contribution in [-0.4, -0.2) is 59.2 Å². The summed E-state index contributed by atoms with van der Waals surface area (Å²) >= 11 is 6.29. The van der Waals surface area contributed by atoms with E-state index >= 15 is 0 Å². The van der Waals surface area contributed by atoms with Gasteiger partial charge in [-0.2, -0.15) is 0 Å². The first-order chi connectivity index (χ1) is 14.1. The number of amides is 2. The Balaban J connectivity index is 1.70. The zero-order valence-corrected chi connectivity index (χ0v) is 17.2. The quantitative estimate of drug-likeness (QED) is 0.711. The molecule has 2 aliphatic heterocycles. The highest BCUT2D eigenvalue weighted by Crippen LogP contribution is 2.33. The van der Waals surface area contributed by atoms with E-state index in [0.29, 0.717) is 16.3 Å². The Morgan fingerprint density at radius 2 is 1.52 bits per heavy atom. The van der Waals surface area contributed by atoms with Gasteiger partial charge in [-0.15, -0.1) is 0 Å². The molecule has 29 heavy (non-hydrogen) atoms. The van der Waals surface area contributed by atoms with Crippen molar-refractivity contribution in [3.63, 3.8) is 0 Å². The Labute approximate surface area is 176 Å². The van der Waals surface area contributed by atoms with Gasteiger partial charge in [0.25, 0.3) is 11.8 Å². The second kappa shape index (κ2) is 8.39. The fraction of sp³-hybridized carbons (Fsp3) is 0.304. The van der Waals surface area contributed by atoms with Crippen LogP contribution in [0.2, 0.25) is 5.02 Å². The number of nitrogens with zero attached hydrogens (tertiary/aromatic N) is 3. The number of rotatable bonds is 5. The van der Waals surface area contributed by atoms with Crippen LogP contribution in [0.3, 0.4) is 0 Å². The summed E-state index contributed by atoms with van der Waals surface area (Å²) in [5, 5.41) is 0.555. The summed E-state index contributed by atoms with van der Waals surface area (Å²) in [5.41, 5.74) is 2.55. The first-order valence-corrected chi connectivity index (χ1v) is 10.3. The second-order valence-electron chi connectivity index (χ2n) is 7.30. The Morgan fingerprint density at radius 1 is 0.862 bits per heavy atom. The van der Waals surface area contributed by atoms with Crippen molar-refractivity contribution in [1.82, 2.24) is 14.7 Å². The minimum absolute atomic E-state index is 0.173. The summed E-state index contributed by atoms with van der Waals surface area (Å²) in [7, 11) is 0. The maximum absolute atomic E-state index is 13.4. The lowest BCUT2D eigenvalue weighted by molar-refractivity contribution is -0.138. The van der Waals surface area contributed by atoms with E-state index in [9.17, 15) is 9.59 Å². The van der Waals surface area contributed by atoms with Gasteiger partial charge in [0.05, 0.1) is 12.1 Å². The number of hydrogen-bond donors (Lipinski definition) is 0.